The van der Waals surface area contributed by atoms with Crippen LogP contribution in [0.2, 0.25) is 0 Å². The van der Waals surface area contributed by atoms with Gasteiger partial charge in [0, 0.05) is 0 Å². The predicted octanol–water partition coefficient (Wildman–Crippen LogP) is 1.67. The van der Waals surface area contributed by atoms with Gasteiger partial charge in [-0.1, -0.05) is 76.5 Å². The molecule has 0 saturated heterocycles. The zero-order valence-electron chi connectivity index (χ0n) is 14.0. The van der Waals surface area contributed by atoms with Gasteiger partial charge in [0.25, 0.3) is 0 Å². The molecule has 0 aromatic heterocycles. The summed E-state index contributed by atoms with van der Waals surface area (Å²) >= 11 is 0. The van der Waals surface area contributed by atoms with E-state index in [-0.39, 0.29) is 56.3 Å². The minimum Gasteiger partial charge on any atom is -0.744 e. The molecule has 0 spiro atoms. The van der Waals surface area contributed by atoms with E-state index >= 15 is 0 Å². The Balaban J connectivity index is 0.00000441. The third-order valence-electron chi connectivity index (χ3n) is 3.79. The normalized spacial score (nSPS) is 11.2. The van der Waals surface area contributed by atoms with Gasteiger partial charge in [-0.05, 0) is 24.5 Å². The van der Waals surface area contributed by atoms with Crippen LogP contribution >= 0.6 is 0 Å². The van der Waals surface area contributed by atoms with Gasteiger partial charge >= 0.3 is 51.4 Å². The molecule has 0 atom stereocenters. The summed E-state index contributed by atoms with van der Waals surface area (Å²) in [5.74, 6) is 0. The molecule has 0 aliphatic carbocycles. The van der Waals surface area contributed by atoms with Crippen LogP contribution in [0.15, 0.2) is 29.2 Å². The summed E-state index contributed by atoms with van der Waals surface area (Å²) in [6.45, 7) is 2.22. The van der Waals surface area contributed by atoms with Gasteiger partial charge in [0.15, 0.2) is 0 Å². The van der Waals surface area contributed by atoms with Crippen LogP contribution in [0.25, 0.3) is 0 Å². The number of benzene rings is 1. The first-order chi connectivity index (χ1) is 10.1. The fourth-order valence-electron chi connectivity index (χ4n) is 2.58. The van der Waals surface area contributed by atoms with E-state index in [1.165, 1.54) is 51.0 Å². The second-order valence-electron chi connectivity index (χ2n) is 5.64. The molecule has 1 aromatic rings. The van der Waals surface area contributed by atoms with Crippen LogP contribution in [0.4, 0.5) is 0 Å². The number of hydrogen-bond donors (Lipinski definition) is 0. The molecule has 0 N–H and O–H groups in total. The first kappa shape index (κ1) is 22.8. The molecule has 0 fully saturated rings. The molecule has 3 nitrogen and oxygen atoms in total. The monoisotopic (exact) mass is 350 g/mol. The molecule has 0 unspecified atom stereocenters. The Hall–Kier alpha value is 0.766. The maximum Gasteiger partial charge on any atom is 1.00 e. The molecule has 120 valence electrons. The quantitative estimate of drug-likeness (QED) is 0.346. The fraction of sp³-hybridized carbons (Fsp3) is 0.647. The second-order valence-corrected chi connectivity index (χ2v) is 6.99. The van der Waals surface area contributed by atoms with Crippen LogP contribution in [0.3, 0.4) is 0 Å². The molecule has 5 heteroatoms. The molecular formula is C17H27KO3S. The summed E-state index contributed by atoms with van der Waals surface area (Å²) in [7, 11) is -4.34. The van der Waals surface area contributed by atoms with Crippen molar-refractivity contribution in [3.63, 3.8) is 0 Å². The molecule has 0 amide bonds. The number of rotatable bonds is 11. The van der Waals surface area contributed by atoms with Gasteiger partial charge in [-0.15, -0.1) is 0 Å². The van der Waals surface area contributed by atoms with E-state index in [1.54, 1.807) is 18.2 Å². The average Bonchev–Trinajstić information content (AvgIpc) is 2.45. The molecule has 0 aliphatic heterocycles. The smallest absolute Gasteiger partial charge is 0.744 e. The van der Waals surface area contributed by atoms with Crippen LogP contribution in [0, 0.1) is 0 Å². The van der Waals surface area contributed by atoms with Crippen molar-refractivity contribution in [2.75, 3.05) is 0 Å². The summed E-state index contributed by atoms with van der Waals surface area (Å²) < 4.78 is 33.5. The van der Waals surface area contributed by atoms with E-state index in [2.05, 4.69) is 6.92 Å². The summed E-state index contributed by atoms with van der Waals surface area (Å²) in [6, 6.07) is 6.54. The van der Waals surface area contributed by atoms with Crippen LogP contribution in [0.1, 0.15) is 70.3 Å². The molecule has 1 aromatic carbocycles. The van der Waals surface area contributed by atoms with E-state index in [1.807, 2.05) is 0 Å². The summed E-state index contributed by atoms with van der Waals surface area (Å²) in [5, 5.41) is 0. The molecular weight excluding hydrogens is 323 g/mol. The first-order valence-corrected chi connectivity index (χ1v) is 9.50. The van der Waals surface area contributed by atoms with Gasteiger partial charge in [-0.2, -0.15) is 0 Å². The third kappa shape index (κ3) is 9.80. The predicted molar refractivity (Wildman–Crippen MR) is 85.3 cm³/mol. The van der Waals surface area contributed by atoms with E-state index in [0.29, 0.717) is 12.0 Å². The van der Waals surface area contributed by atoms with E-state index in [0.717, 1.165) is 12.8 Å². The first-order valence-electron chi connectivity index (χ1n) is 8.09. The molecule has 22 heavy (non-hydrogen) atoms. The standard InChI is InChI=1S/C17H28O3S.K/c1-2-3-4-5-6-7-8-9-10-13-16-14-11-12-15-17(16)21(18,19)20;/h11-12,14-15H,2-10,13H2,1H3,(H,18,19,20);/q;+1/p-1. The second kappa shape index (κ2) is 13.1. The van der Waals surface area contributed by atoms with Gasteiger partial charge in [0.1, 0.15) is 10.1 Å². The van der Waals surface area contributed by atoms with Gasteiger partial charge in [-0.25, -0.2) is 8.42 Å². The van der Waals surface area contributed by atoms with Gasteiger partial charge < -0.3 is 4.55 Å². The summed E-state index contributed by atoms with van der Waals surface area (Å²) in [5.41, 5.74) is 0.662. The van der Waals surface area contributed by atoms with Crippen LogP contribution in [0.5, 0.6) is 0 Å². The average molecular weight is 351 g/mol. The Kier molecular flexibility index (Phi) is 13.6. The van der Waals surface area contributed by atoms with Gasteiger partial charge in [0.05, 0.1) is 4.90 Å². The minimum atomic E-state index is -4.34. The van der Waals surface area contributed by atoms with Crippen molar-refractivity contribution in [3.8, 4) is 0 Å². The Labute approximate surface area is 178 Å². The maximum absolute atomic E-state index is 11.2. The molecule has 0 aliphatic rings. The van der Waals surface area contributed by atoms with Crippen molar-refractivity contribution in [1.82, 2.24) is 0 Å². The molecule has 0 radical (unpaired) electrons. The van der Waals surface area contributed by atoms with E-state index in [9.17, 15) is 13.0 Å². The Bertz CT molecular complexity index is 500. The largest absolute Gasteiger partial charge is 1.00 e. The van der Waals surface area contributed by atoms with Crippen LogP contribution in [-0.4, -0.2) is 13.0 Å². The minimum absolute atomic E-state index is 0. The number of unbranched alkanes of at least 4 members (excludes halogenated alkanes) is 8. The summed E-state index contributed by atoms with van der Waals surface area (Å²) in [6.07, 6.45) is 11.7. The Morgan fingerprint density at radius 3 is 1.91 bits per heavy atom. The topological polar surface area (TPSA) is 57.2 Å². The van der Waals surface area contributed by atoms with E-state index < -0.39 is 10.1 Å². The number of aryl methyl sites for hydroxylation is 1. The maximum atomic E-state index is 11.2. The zero-order valence-corrected chi connectivity index (χ0v) is 18.0. The summed E-state index contributed by atoms with van der Waals surface area (Å²) in [4.78, 5) is -0.0513. The van der Waals surface area contributed by atoms with Crippen molar-refractivity contribution < 1.29 is 64.4 Å². The van der Waals surface area contributed by atoms with Crippen molar-refractivity contribution in [2.45, 2.75) is 76.0 Å². The fourth-order valence-corrected chi connectivity index (χ4v) is 3.32. The molecule has 0 heterocycles. The number of hydrogen-bond acceptors (Lipinski definition) is 3. The molecule has 0 saturated carbocycles. The van der Waals surface area contributed by atoms with Crippen molar-refractivity contribution in [2.24, 2.45) is 0 Å². The Morgan fingerprint density at radius 1 is 0.864 bits per heavy atom. The third-order valence-corrected chi connectivity index (χ3v) is 4.73. The zero-order chi connectivity index (χ0) is 15.6. The van der Waals surface area contributed by atoms with Crippen LogP contribution in [-0.2, 0) is 16.5 Å². The van der Waals surface area contributed by atoms with Crippen molar-refractivity contribution in [3.05, 3.63) is 29.8 Å². The van der Waals surface area contributed by atoms with Crippen LogP contribution < -0.4 is 51.4 Å². The van der Waals surface area contributed by atoms with Crippen molar-refractivity contribution in [1.29, 1.82) is 0 Å². The molecule has 0 bridgehead atoms. The SMILES string of the molecule is CCCCCCCCCCCc1ccccc1S(=O)(=O)[O-].[K+]. The van der Waals surface area contributed by atoms with E-state index in [4.69, 9.17) is 0 Å². The van der Waals surface area contributed by atoms with Gasteiger partial charge in [0.2, 0.25) is 0 Å². The molecule has 1 rings (SSSR count). The Morgan fingerprint density at radius 2 is 1.36 bits per heavy atom. The van der Waals surface area contributed by atoms with Gasteiger partial charge in [-0.3, -0.25) is 0 Å². The van der Waals surface area contributed by atoms with Crippen molar-refractivity contribution >= 4 is 10.1 Å².